The molecule has 1 aliphatic rings. The average molecular weight is 495 g/mol. The van der Waals surface area contributed by atoms with Crippen LogP contribution in [0.3, 0.4) is 0 Å². The summed E-state index contributed by atoms with van der Waals surface area (Å²) in [5.74, 6) is -0.235. The van der Waals surface area contributed by atoms with Crippen LogP contribution < -0.4 is 5.32 Å². The smallest absolute Gasteiger partial charge is 0.338 e. The first kappa shape index (κ1) is 23.9. The van der Waals surface area contributed by atoms with Crippen molar-refractivity contribution in [2.75, 3.05) is 17.7 Å². The lowest BCUT2D eigenvalue weighted by Gasteiger charge is -2.24. The zero-order chi connectivity index (χ0) is 24.1. The van der Waals surface area contributed by atoms with Crippen LogP contribution >= 0.6 is 23.4 Å². The molecule has 2 amide bonds. The molecule has 4 rings (SSSR count). The Kier molecular flexibility index (Phi) is 7.55. The number of thioether (sulfide) groups is 1. The predicted octanol–water partition coefficient (Wildman–Crippen LogP) is 5.54. The number of hydrogen-bond acceptors (Lipinski definition) is 5. The molecule has 3 aromatic carbocycles. The van der Waals surface area contributed by atoms with Crippen molar-refractivity contribution in [1.29, 1.82) is 0 Å². The van der Waals surface area contributed by atoms with Crippen LogP contribution in [0.5, 0.6) is 0 Å². The zero-order valence-corrected chi connectivity index (χ0v) is 20.1. The molecule has 8 heteroatoms. The van der Waals surface area contributed by atoms with E-state index >= 15 is 0 Å². The Morgan fingerprint density at radius 1 is 1.06 bits per heavy atom. The van der Waals surface area contributed by atoms with Gasteiger partial charge < -0.3 is 15.0 Å². The van der Waals surface area contributed by atoms with Gasteiger partial charge in [-0.1, -0.05) is 41.9 Å². The maximum Gasteiger partial charge on any atom is 0.338 e. The number of benzene rings is 3. The van der Waals surface area contributed by atoms with Crippen LogP contribution in [-0.2, 0) is 16.1 Å². The van der Waals surface area contributed by atoms with Gasteiger partial charge in [-0.2, -0.15) is 0 Å². The van der Waals surface area contributed by atoms with Gasteiger partial charge in [-0.05, 0) is 60.5 Å². The zero-order valence-electron chi connectivity index (χ0n) is 18.5. The molecule has 6 nitrogen and oxygen atoms in total. The number of ether oxygens (including phenoxy) is 1. The Hall–Kier alpha value is -3.29. The van der Waals surface area contributed by atoms with Crippen LogP contribution in [0.15, 0.2) is 72.8 Å². The topological polar surface area (TPSA) is 75.7 Å². The van der Waals surface area contributed by atoms with E-state index in [0.29, 0.717) is 34.1 Å². The highest BCUT2D eigenvalue weighted by Crippen LogP contribution is 2.39. The van der Waals surface area contributed by atoms with Gasteiger partial charge >= 0.3 is 5.97 Å². The van der Waals surface area contributed by atoms with Crippen LogP contribution in [0.25, 0.3) is 0 Å². The number of anilines is 1. The maximum atomic E-state index is 12.7. The van der Waals surface area contributed by atoms with Crippen LogP contribution in [-0.4, -0.2) is 35.0 Å². The molecule has 0 unspecified atom stereocenters. The summed E-state index contributed by atoms with van der Waals surface area (Å²) in [6.07, 6.45) is 0. The second-order valence-electron chi connectivity index (χ2n) is 7.69. The first-order valence-electron chi connectivity index (χ1n) is 10.8. The van der Waals surface area contributed by atoms with Crippen molar-refractivity contribution in [2.45, 2.75) is 18.8 Å². The first-order chi connectivity index (χ1) is 16.4. The third kappa shape index (κ3) is 5.61. The van der Waals surface area contributed by atoms with Gasteiger partial charge in [-0.15, -0.1) is 11.8 Å². The minimum absolute atomic E-state index is 0.0771. The lowest BCUT2D eigenvalue weighted by Crippen LogP contribution is -2.27. The van der Waals surface area contributed by atoms with Gasteiger partial charge in [0.15, 0.2) is 0 Å². The predicted molar refractivity (Wildman–Crippen MR) is 134 cm³/mol. The van der Waals surface area contributed by atoms with Crippen molar-refractivity contribution in [3.05, 3.63) is 100 Å². The number of nitrogens with zero attached hydrogens (tertiary/aromatic N) is 1. The lowest BCUT2D eigenvalue weighted by molar-refractivity contribution is -0.128. The number of carbonyl (C=O) groups excluding carboxylic acids is 3. The Labute approximate surface area is 207 Å². The van der Waals surface area contributed by atoms with E-state index in [-0.39, 0.29) is 23.8 Å². The Bertz CT molecular complexity index is 1200. The third-order valence-electron chi connectivity index (χ3n) is 5.32. The SMILES string of the molecule is CCOC(=O)c1cccc(NC(=O)c2ccc([C@H]3SCC(=O)N3Cc3ccc(Cl)cc3)cc2)c1. The summed E-state index contributed by atoms with van der Waals surface area (Å²) < 4.78 is 5.01. The van der Waals surface area contributed by atoms with Gasteiger partial charge in [0.1, 0.15) is 5.37 Å². The second kappa shape index (κ2) is 10.8. The monoisotopic (exact) mass is 494 g/mol. The molecule has 1 fully saturated rings. The third-order valence-corrected chi connectivity index (χ3v) is 6.83. The fourth-order valence-electron chi connectivity index (χ4n) is 3.63. The highest BCUT2D eigenvalue weighted by molar-refractivity contribution is 8.00. The average Bonchev–Trinajstić information content (AvgIpc) is 3.21. The van der Waals surface area contributed by atoms with Gasteiger partial charge in [-0.25, -0.2) is 4.79 Å². The number of hydrogen-bond donors (Lipinski definition) is 1. The van der Waals surface area contributed by atoms with E-state index in [4.69, 9.17) is 16.3 Å². The van der Waals surface area contributed by atoms with E-state index in [1.54, 1.807) is 55.1 Å². The van der Waals surface area contributed by atoms with Crippen molar-refractivity contribution in [2.24, 2.45) is 0 Å². The Balaban J connectivity index is 1.44. The largest absolute Gasteiger partial charge is 0.462 e. The number of rotatable bonds is 7. The fraction of sp³-hybridized carbons (Fsp3) is 0.192. The van der Waals surface area contributed by atoms with Crippen molar-refractivity contribution in [1.82, 2.24) is 4.90 Å². The summed E-state index contributed by atoms with van der Waals surface area (Å²) >= 11 is 7.53. The molecule has 0 radical (unpaired) electrons. The summed E-state index contributed by atoms with van der Waals surface area (Å²) in [6.45, 7) is 2.51. The van der Waals surface area contributed by atoms with Crippen LogP contribution in [0.2, 0.25) is 5.02 Å². The quantitative estimate of drug-likeness (QED) is 0.436. The second-order valence-corrected chi connectivity index (χ2v) is 9.19. The molecule has 1 atom stereocenters. The molecule has 1 N–H and O–H groups in total. The number of halogens is 1. The molecule has 0 aliphatic carbocycles. The molecule has 0 aromatic heterocycles. The maximum absolute atomic E-state index is 12.7. The fourth-order valence-corrected chi connectivity index (χ4v) is 4.94. The lowest BCUT2D eigenvalue weighted by atomic mass is 10.1. The van der Waals surface area contributed by atoms with E-state index in [1.807, 2.05) is 41.3 Å². The molecule has 174 valence electrons. The Morgan fingerprint density at radius 3 is 2.50 bits per heavy atom. The van der Waals surface area contributed by atoms with E-state index in [1.165, 1.54) is 0 Å². The number of amides is 2. The van der Waals surface area contributed by atoms with Gasteiger partial charge in [0, 0.05) is 22.8 Å². The first-order valence-corrected chi connectivity index (χ1v) is 12.2. The highest BCUT2D eigenvalue weighted by Gasteiger charge is 2.32. The summed E-state index contributed by atoms with van der Waals surface area (Å²) in [6, 6.07) is 21.3. The standard InChI is InChI=1S/C26H23ClN2O4S/c1-2-33-26(32)20-4-3-5-22(14-20)28-24(31)18-8-10-19(11-9-18)25-29(23(30)16-34-25)15-17-6-12-21(27)13-7-17/h3-14,25H,2,15-16H2,1H3,(H,28,31)/t25-/m1/s1. The van der Waals surface area contributed by atoms with Gasteiger partial charge in [0.05, 0.1) is 17.9 Å². The summed E-state index contributed by atoms with van der Waals surface area (Å²) in [5, 5.41) is 3.34. The minimum Gasteiger partial charge on any atom is -0.462 e. The molecule has 1 heterocycles. The summed E-state index contributed by atoms with van der Waals surface area (Å²) in [4.78, 5) is 39.0. The molecule has 3 aromatic rings. The van der Waals surface area contributed by atoms with E-state index in [0.717, 1.165) is 11.1 Å². The summed E-state index contributed by atoms with van der Waals surface area (Å²) in [7, 11) is 0. The van der Waals surface area contributed by atoms with Crippen LogP contribution in [0.4, 0.5) is 5.69 Å². The summed E-state index contributed by atoms with van der Waals surface area (Å²) in [5.41, 5.74) is 3.31. The molecular weight excluding hydrogens is 472 g/mol. The molecule has 0 spiro atoms. The van der Waals surface area contributed by atoms with Gasteiger partial charge in [0.2, 0.25) is 5.91 Å². The van der Waals surface area contributed by atoms with Crippen molar-refractivity contribution >= 4 is 46.8 Å². The van der Waals surface area contributed by atoms with Crippen molar-refractivity contribution in [3.63, 3.8) is 0 Å². The van der Waals surface area contributed by atoms with Crippen molar-refractivity contribution < 1.29 is 19.1 Å². The molecule has 1 saturated heterocycles. The van der Waals surface area contributed by atoms with Crippen molar-refractivity contribution in [3.8, 4) is 0 Å². The van der Waals surface area contributed by atoms with Crippen LogP contribution in [0, 0.1) is 0 Å². The molecule has 1 aliphatic heterocycles. The molecular formula is C26H23ClN2O4S. The minimum atomic E-state index is -0.435. The van der Waals surface area contributed by atoms with Gasteiger partial charge in [0.25, 0.3) is 5.91 Å². The molecule has 34 heavy (non-hydrogen) atoms. The normalized spacial score (nSPS) is 15.3. The highest BCUT2D eigenvalue weighted by atomic mass is 35.5. The van der Waals surface area contributed by atoms with Gasteiger partial charge in [-0.3, -0.25) is 9.59 Å². The number of esters is 1. The number of carbonyl (C=O) groups is 3. The molecule has 0 bridgehead atoms. The number of nitrogens with one attached hydrogen (secondary N) is 1. The Morgan fingerprint density at radius 2 is 1.79 bits per heavy atom. The van der Waals surface area contributed by atoms with Crippen LogP contribution in [0.1, 0.15) is 44.1 Å². The van der Waals surface area contributed by atoms with E-state index < -0.39 is 5.97 Å². The van der Waals surface area contributed by atoms with E-state index in [9.17, 15) is 14.4 Å². The molecule has 0 saturated carbocycles. The van der Waals surface area contributed by atoms with E-state index in [2.05, 4.69) is 5.32 Å².